The van der Waals surface area contributed by atoms with E-state index in [1.165, 1.54) is 16.7 Å². The Morgan fingerprint density at radius 1 is 0.949 bits per heavy atom. The molecule has 198 valence electrons. The Morgan fingerprint density at radius 3 is 2.44 bits per heavy atom. The number of hydrogen-bond donors (Lipinski definition) is 0. The van der Waals surface area contributed by atoms with Crippen molar-refractivity contribution in [1.82, 2.24) is 14.5 Å². The number of nitrogens with zero attached hydrogens (tertiary/aromatic N) is 4. The van der Waals surface area contributed by atoms with Crippen LogP contribution in [-0.2, 0) is 18.9 Å². The Balaban J connectivity index is 1.14. The highest BCUT2D eigenvalue weighted by Gasteiger charge is 2.44. The first-order valence-corrected chi connectivity index (χ1v) is 13.9. The lowest BCUT2D eigenvalue weighted by Gasteiger charge is -2.37. The highest BCUT2D eigenvalue weighted by Crippen LogP contribution is 2.49. The van der Waals surface area contributed by atoms with Crippen molar-refractivity contribution in [2.24, 2.45) is 7.05 Å². The van der Waals surface area contributed by atoms with Crippen LogP contribution in [0.2, 0.25) is 0 Å². The lowest BCUT2D eigenvalue weighted by molar-refractivity contribution is 0.0989. The number of hydrogen-bond acceptors (Lipinski definition) is 4. The number of rotatable bonds is 3. The maximum absolute atomic E-state index is 13.7. The third-order valence-corrected chi connectivity index (χ3v) is 9.09. The zero-order valence-corrected chi connectivity index (χ0v) is 22.9. The predicted molar refractivity (Wildman–Crippen MR) is 155 cm³/mol. The number of piperidine rings is 1. The molecule has 0 saturated carbocycles. The van der Waals surface area contributed by atoms with Crippen molar-refractivity contribution in [3.05, 3.63) is 89.2 Å². The molecule has 3 aliphatic rings. The maximum atomic E-state index is 13.7. The van der Waals surface area contributed by atoms with Crippen molar-refractivity contribution in [3.8, 4) is 28.3 Å². The number of aryl methyl sites for hydroxylation is 2. The zero-order chi connectivity index (χ0) is 26.7. The van der Waals surface area contributed by atoms with Gasteiger partial charge in [0.15, 0.2) is 0 Å². The molecule has 0 radical (unpaired) electrons. The fourth-order valence-corrected chi connectivity index (χ4v) is 6.63. The largest absolute Gasteiger partial charge is 0.492 e. The van der Waals surface area contributed by atoms with Gasteiger partial charge >= 0.3 is 0 Å². The van der Waals surface area contributed by atoms with Gasteiger partial charge in [-0.25, -0.2) is 4.98 Å². The molecule has 6 heteroatoms. The summed E-state index contributed by atoms with van der Waals surface area (Å²) >= 11 is 0. The van der Waals surface area contributed by atoms with E-state index < -0.39 is 0 Å². The van der Waals surface area contributed by atoms with Gasteiger partial charge in [-0.2, -0.15) is 0 Å². The second-order valence-electron chi connectivity index (χ2n) is 11.5. The van der Waals surface area contributed by atoms with Crippen molar-refractivity contribution < 1.29 is 9.53 Å². The molecule has 0 aliphatic carbocycles. The van der Waals surface area contributed by atoms with Crippen molar-refractivity contribution in [2.75, 3.05) is 38.2 Å². The van der Waals surface area contributed by atoms with Gasteiger partial charge in [-0.3, -0.25) is 4.79 Å². The number of benzene rings is 3. The third-order valence-electron chi connectivity index (χ3n) is 9.09. The number of carbonyl (C=O) groups is 1. The first-order chi connectivity index (χ1) is 18.9. The van der Waals surface area contributed by atoms with E-state index >= 15 is 0 Å². The van der Waals surface area contributed by atoms with Crippen LogP contribution in [0.25, 0.3) is 22.5 Å². The minimum absolute atomic E-state index is 0.0680. The second kappa shape index (κ2) is 9.09. The van der Waals surface area contributed by atoms with Gasteiger partial charge in [0.2, 0.25) is 0 Å². The molecule has 0 unspecified atom stereocenters. The molecule has 4 aromatic rings. The first kappa shape index (κ1) is 24.2. The van der Waals surface area contributed by atoms with Crippen LogP contribution >= 0.6 is 0 Å². The van der Waals surface area contributed by atoms with Crippen molar-refractivity contribution in [3.63, 3.8) is 0 Å². The number of aromatic nitrogens is 2. The number of likely N-dealkylation sites (tertiary alicyclic amines) is 1. The van der Waals surface area contributed by atoms with Gasteiger partial charge in [0.25, 0.3) is 5.91 Å². The van der Waals surface area contributed by atoms with E-state index in [1.54, 1.807) is 0 Å². The second-order valence-corrected chi connectivity index (χ2v) is 11.5. The summed E-state index contributed by atoms with van der Waals surface area (Å²) in [6.45, 7) is 5.76. The summed E-state index contributed by atoms with van der Waals surface area (Å²) in [5, 5.41) is 0. The van der Waals surface area contributed by atoms with Crippen LogP contribution in [0.4, 0.5) is 5.69 Å². The van der Waals surface area contributed by atoms with Gasteiger partial charge < -0.3 is 19.1 Å². The molecule has 1 spiro atoms. The number of ether oxygens (including phenoxy) is 1. The average Bonchev–Trinajstić information content (AvgIpc) is 3.66. The molecule has 4 heterocycles. The number of fused-ring (bicyclic) bond motifs is 3. The summed E-state index contributed by atoms with van der Waals surface area (Å²) in [4.78, 5) is 22.6. The van der Waals surface area contributed by atoms with E-state index in [2.05, 4.69) is 66.3 Å². The number of carbonyl (C=O) groups excluding carboxylic acids is 1. The van der Waals surface area contributed by atoms with Gasteiger partial charge in [-0.05, 0) is 98.9 Å². The molecule has 0 atom stereocenters. The topological polar surface area (TPSA) is 50.6 Å². The van der Waals surface area contributed by atoms with Crippen LogP contribution in [0.5, 0.6) is 5.75 Å². The van der Waals surface area contributed by atoms with Gasteiger partial charge in [0, 0.05) is 53.8 Å². The van der Waals surface area contributed by atoms with E-state index in [1.807, 2.05) is 41.0 Å². The van der Waals surface area contributed by atoms with Gasteiger partial charge in [-0.1, -0.05) is 24.3 Å². The number of amides is 1. The van der Waals surface area contributed by atoms with Crippen LogP contribution in [0, 0.1) is 6.92 Å². The third kappa shape index (κ3) is 3.97. The summed E-state index contributed by atoms with van der Waals surface area (Å²) in [5.74, 6) is 2.05. The lowest BCUT2D eigenvalue weighted by Crippen LogP contribution is -2.42. The van der Waals surface area contributed by atoms with Crippen LogP contribution in [0.3, 0.4) is 0 Å². The predicted octanol–water partition coefficient (Wildman–Crippen LogP) is 5.62. The Morgan fingerprint density at radius 2 is 1.72 bits per heavy atom. The molecule has 7 rings (SSSR count). The maximum Gasteiger partial charge on any atom is 0.258 e. The summed E-state index contributed by atoms with van der Waals surface area (Å²) in [6, 6.07) is 19.0. The van der Waals surface area contributed by atoms with Crippen molar-refractivity contribution >= 4 is 11.6 Å². The minimum Gasteiger partial charge on any atom is -0.492 e. The van der Waals surface area contributed by atoms with Crippen LogP contribution in [-0.4, -0.2) is 53.6 Å². The Kier molecular flexibility index (Phi) is 5.63. The Labute approximate surface area is 229 Å². The summed E-state index contributed by atoms with van der Waals surface area (Å²) in [5.41, 5.74) is 8.94. The van der Waals surface area contributed by atoms with E-state index in [0.29, 0.717) is 6.54 Å². The molecule has 0 N–H and O–H groups in total. The number of imidazole rings is 1. The molecule has 1 saturated heterocycles. The van der Waals surface area contributed by atoms with Crippen molar-refractivity contribution in [2.45, 2.75) is 31.6 Å². The lowest BCUT2D eigenvalue weighted by atomic mass is 9.74. The normalized spacial score (nSPS) is 17.8. The molecule has 3 aromatic carbocycles. The molecule has 3 aliphatic heterocycles. The highest BCUT2D eigenvalue weighted by atomic mass is 16.5. The van der Waals surface area contributed by atoms with Crippen LogP contribution in [0.1, 0.15) is 39.9 Å². The molecule has 1 fully saturated rings. The van der Waals surface area contributed by atoms with E-state index in [-0.39, 0.29) is 11.3 Å². The quantitative estimate of drug-likeness (QED) is 0.353. The minimum atomic E-state index is 0.0680. The van der Waals surface area contributed by atoms with Gasteiger partial charge in [-0.15, -0.1) is 0 Å². The first-order valence-electron chi connectivity index (χ1n) is 13.9. The van der Waals surface area contributed by atoms with Crippen molar-refractivity contribution in [1.29, 1.82) is 0 Å². The highest BCUT2D eigenvalue weighted by molar-refractivity contribution is 6.07. The Bertz CT molecular complexity index is 1580. The average molecular weight is 519 g/mol. The van der Waals surface area contributed by atoms with Gasteiger partial charge in [0.1, 0.15) is 11.6 Å². The number of anilines is 1. The SMILES string of the molecule is Cc1cc(-c2nccn2C)ccc1-c1ccc(C(=O)N2CCc3cc4c(cc32)C2(CCN(C)CC2)CO4)cc1. The molecule has 6 nitrogen and oxygen atoms in total. The molecule has 1 aromatic heterocycles. The van der Waals surface area contributed by atoms with Crippen LogP contribution in [0.15, 0.2) is 67.0 Å². The van der Waals surface area contributed by atoms with Crippen LogP contribution < -0.4 is 9.64 Å². The summed E-state index contributed by atoms with van der Waals surface area (Å²) in [7, 11) is 4.20. The molecule has 0 bridgehead atoms. The fraction of sp³-hybridized carbons (Fsp3) is 0.333. The standard InChI is InChI=1S/C33H34N4O2/c1-22-18-26(31-34-13-17-36(31)3)8-9-27(22)23-4-6-24(7-5-23)32(38)37-14-10-25-19-30-28(20-29(25)37)33(21-39-30)11-15-35(2)16-12-33/h4-9,13,17-20H,10-12,14-16,21H2,1-3H3. The molecule has 1 amide bonds. The van der Waals surface area contributed by atoms with E-state index in [9.17, 15) is 4.79 Å². The fourth-order valence-electron chi connectivity index (χ4n) is 6.63. The molecular weight excluding hydrogens is 484 g/mol. The summed E-state index contributed by atoms with van der Waals surface area (Å²) in [6.07, 6.45) is 6.86. The summed E-state index contributed by atoms with van der Waals surface area (Å²) < 4.78 is 8.23. The van der Waals surface area contributed by atoms with E-state index in [0.717, 1.165) is 78.5 Å². The van der Waals surface area contributed by atoms with E-state index in [4.69, 9.17) is 4.74 Å². The molecule has 39 heavy (non-hydrogen) atoms. The zero-order valence-electron chi connectivity index (χ0n) is 22.9. The van der Waals surface area contributed by atoms with Gasteiger partial charge in [0.05, 0.1) is 6.61 Å². The smallest absolute Gasteiger partial charge is 0.258 e. The molecular formula is C33H34N4O2. The monoisotopic (exact) mass is 518 g/mol. The Hall–Kier alpha value is -3.90.